The maximum atomic E-state index is 13.3. The Morgan fingerprint density at radius 1 is 1.50 bits per heavy atom. The molecule has 16 heavy (non-hydrogen) atoms. The van der Waals surface area contributed by atoms with Crippen molar-refractivity contribution in [2.24, 2.45) is 0 Å². The number of aliphatic carboxylic acids is 1. The lowest BCUT2D eigenvalue weighted by molar-refractivity contribution is -0.137. The van der Waals surface area contributed by atoms with Crippen LogP contribution in [0, 0.1) is 23.0 Å². The minimum absolute atomic E-state index is 0.163. The van der Waals surface area contributed by atoms with Crippen molar-refractivity contribution < 1.29 is 18.7 Å². The van der Waals surface area contributed by atoms with Gasteiger partial charge in [0.15, 0.2) is 11.6 Å². The first kappa shape index (κ1) is 11.9. The van der Waals surface area contributed by atoms with E-state index in [4.69, 9.17) is 10.4 Å². The largest absolute Gasteiger partial charge is 0.480 e. The fraction of sp³-hybridized carbons (Fsp3) is 0.200. The minimum atomic E-state index is -1.23. The van der Waals surface area contributed by atoms with Crippen LogP contribution in [-0.4, -0.2) is 17.1 Å². The molecule has 0 aliphatic rings. The van der Waals surface area contributed by atoms with Crippen LogP contribution in [0.4, 0.5) is 14.5 Å². The van der Waals surface area contributed by atoms with E-state index in [1.165, 1.54) is 6.92 Å². The molecule has 84 valence electrons. The van der Waals surface area contributed by atoms with Crippen molar-refractivity contribution >= 4 is 11.7 Å². The van der Waals surface area contributed by atoms with Crippen molar-refractivity contribution in [2.75, 3.05) is 5.32 Å². The molecule has 0 bridgehead atoms. The molecular weight excluding hydrogens is 218 g/mol. The number of benzene rings is 1. The Hall–Kier alpha value is -2.16. The van der Waals surface area contributed by atoms with E-state index in [2.05, 4.69) is 5.32 Å². The SMILES string of the molecule is CC(Nc1c(F)cc(C#N)cc1F)C(=O)O. The van der Waals surface area contributed by atoms with Gasteiger partial charge in [-0.2, -0.15) is 5.26 Å². The van der Waals surface area contributed by atoms with Gasteiger partial charge in [-0.15, -0.1) is 0 Å². The fourth-order valence-electron chi connectivity index (χ4n) is 1.05. The molecule has 1 atom stereocenters. The Morgan fingerprint density at radius 3 is 2.38 bits per heavy atom. The highest BCUT2D eigenvalue weighted by molar-refractivity contribution is 5.76. The molecule has 0 fully saturated rings. The lowest BCUT2D eigenvalue weighted by atomic mass is 10.2. The van der Waals surface area contributed by atoms with Crippen molar-refractivity contribution in [1.82, 2.24) is 0 Å². The molecule has 0 aliphatic heterocycles. The van der Waals surface area contributed by atoms with Gasteiger partial charge in [-0.05, 0) is 19.1 Å². The summed E-state index contributed by atoms with van der Waals surface area (Å²) in [6.07, 6.45) is 0. The molecule has 4 nitrogen and oxygen atoms in total. The number of halogens is 2. The zero-order chi connectivity index (χ0) is 12.3. The Kier molecular flexibility index (Phi) is 3.40. The Morgan fingerprint density at radius 2 is 2.00 bits per heavy atom. The molecule has 1 aromatic carbocycles. The minimum Gasteiger partial charge on any atom is -0.480 e. The van der Waals surface area contributed by atoms with Crippen molar-refractivity contribution in [3.05, 3.63) is 29.3 Å². The van der Waals surface area contributed by atoms with Crippen LogP contribution in [0.5, 0.6) is 0 Å². The van der Waals surface area contributed by atoms with Gasteiger partial charge in [0, 0.05) is 0 Å². The summed E-state index contributed by atoms with van der Waals surface area (Å²) in [5.74, 6) is -3.22. The highest BCUT2D eigenvalue weighted by atomic mass is 19.1. The average Bonchev–Trinajstić information content (AvgIpc) is 2.22. The number of nitrogens with zero attached hydrogens (tertiary/aromatic N) is 1. The summed E-state index contributed by atoms with van der Waals surface area (Å²) in [5.41, 5.74) is -0.711. The van der Waals surface area contributed by atoms with Gasteiger partial charge in [0.05, 0.1) is 11.6 Å². The Labute approximate surface area is 90.1 Å². The molecule has 0 saturated heterocycles. The third-order valence-electron chi connectivity index (χ3n) is 1.90. The zero-order valence-corrected chi connectivity index (χ0v) is 8.29. The lowest BCUT2D eigenvalue weighted by Crippen LogP contribution is -2.26. The van der Waals surface area contributed by atoms with Crippen LogP contribution in [-0.2, 0) is 4.79 Å². The predicted molar refractivity (Wildman–Crippen MR) is 51.8 cm³/mol. The van der Waals surface area contributed by atoms with Crippen molar-refractivity contribution in [1.29, 1.82) is 5.26 Å². The van der Waals surface area contributed by atoms with Crippen LogP contribution < -0.4 is 5.32 Å². The summed E-state index contributed by atoms with van der Waals surface area (Å²) in [6, 6.07) is 2.13. The molecule has 2 N–H and O–H groups in total. The standard InChI is InChI=1S/C10H8F2N2O2/c1-5(10(15)16)14-9-7(11)2-6(4-13)3-8(9)12/h2-3,5,14H,1H3,(H,15,16). The van der Waals surface area contributed by atoms with E-state index in [1.54, 1.807) is 6.07 Å². The van der Waals surface area contributed by atoms with Crippen molar-refractivity contribution in [3.63, 3.8) is 0 Å². The Balaban J connectivity index is 3.07. The molecule has 0 heterocycles. The average molecular weight is 226 g/mol. The first-order valence-corrected chi connectivity index (χ1v) is 4.34. The van der Waals surface area contributed by atoms with Gasteiger partial charge in [-0.1, -0.05) is 0 Å². The van der Waals surface area contributed by atoms with E-state index < -0.39 is 29.3 Å². The molecule has 1 aromatic rings. The van der Waals surface area contributed by atoms with Gasteiger partial charge in [0.2, 0.25) is 0 Å². The number of hydrogen-bond donors (Lipinski definition) is 2. The van der Waals surface area contributed by atoms with E-state index in [0.717, 1.165) is 12.1 Å². The molecule has 0 saturated carbocycles. The number of anilines is 1. The maximum absolute atomic E-state index is 13.3. The first-order valence-electron chi connectivity index (χ1n) is 4.34. The summed E-state index contributed by atoms with van der Waals surface area (Å²) in [4.78, 5) is 10.5. The van der Waals surface area contributed by atoms with Crippen LogP contribution in [0.25, 0.3) is 0 Å². The number of carbonyl (C=O) groups is 1. The first-order chi connectivity index (χ1) is 7.45. The number of nitriles is 1. The number of rotatable bonds is 3. The zero-order valence-electron chi connectivity index (χ0n) is 8.29. The summed E-state index contributed by atoms with van der Waals surface area (Å²) in [5, 5.41) is 19.2. The van der Waals surface area contributed by atoms with Gasteiger partial charge in [0.25, 0.3) is 0 Å². The predicted octanol–water partition coefficient (Wildman–Crippen LogP) is 1.72. The summed E-state index contributed by atoms with van der Waals surface area (Å²) in [6.45, 7) is 1.25. The second-order valence-electron chi connectivity index (χ2n) is 3.13. The van der Waals surface area contributed by atoms with E-state index in [0.29, 0.717) is 0 Å². The van der Waals surface area contributed by atoms with Crippen molar-refractivity contribution in [2.45, 2.75) is 13.0 Å². The van der Waals surface area contributed by atoms with E-state index in [1.807, 2.05) is 0 Å². The summed E-state index contributed by atoms with van der Waals surface area (Å²) < 4.78 is 26.6. The van der Waals surface area contributed by atoms with Crippen LogP contribution in [0.15, 0.2) is 12.1 Å². The molecule has 0 aliphatic carbocycles. The smallest absolute Gasteiger partial charge is 0.325 e. The Bertz CT molecular complexity index is 445. The van der Waals surface area contributed by atoms with Gasteiger partial charge in [0.1, 0.15) is 11.7 Å². The third kappa shape index (κ3) is 2.45. The molecule has 1 unspecified atom stereocenters. The maximum Gasteiger partial charge on any atom is 0.325 e. The normalized spacial score (nSPS) is 11.6. The molecule has 0 radical (unpaired) electrons. The molecule has 0 spiro atoms. The second-order valence-corrected chi connectivity index (χ2v) is 3.13. The molecule has 6 heteroatoms. The number of carboxylic acid groups (broad SMARTS) is 1. The van der Waals surface area contributed by atoms with Gasteiger partial charge < -0.3 is 10.4 Å². The topological polar surface area (TPSA) is 73.1 Å². The summed E-state index contributed by atoms with van der Waals surface area (Å²) >= 11 is 0. The van der Waals surface area contributed by atoms with Crippen LogP contribution in [0.3, 0.4) is 0 Å². The molecular formula is C10H8F2N2O2. The van der Waals surface area contributed by atoms with Gasteiger partial charge in [-0.3, -0.25) is 4.79 Å². The van der Waals surface area contributed by atoms with Crippen molar-refractivity contribution in [3.8, 4) is 6.07 Å². The number of hydrogen-bond acceptors (Lipinski definition) is 3. The second kappa shape index (κ2) is 4.57. The molecule has 0 aromatic heterocycles. The fourth-order valence-corrected chi connectivity index (χ4v) is 1.05. The highest BCUT2D eigenvalue weighted by Crippen LogP contribution is 2.21. The lowest BCUT2D eigenvalue weighted by Gasteiger charge is -2.12. The number of nitrogens with one attached hydrogen (secondary N) is 1. The quantitative estimate of drug-likeness (QED) is 0.823. The van der Waals surface area contributed by atoms with Gasteiger partial charge in [-0.25, -0.2) is 8.78 Å². The third-order valence-corrected chi connectivity index (χ3v) is 1.90. The summed E-state index contributed by atoms with van der Waals surface area (Å²) in [7, 11) is 0. The monoisotopic (exact) mass is 226 g/mol. The van der Waals surface area contributed by atoms with Crippen LogP contribution in [0.1, 0.15) is 12.5 Å². The molecule has 0 amide bonds. The highest BCUT2D eigenvalue weighted by Gasteiger charge is 2.17. The van der Waals surface area contributed by atoms with E-state index >= 15 is 0 Å². The van der Waals surface area contributed by atoms with Crippen LogP contribution >= 0.6 is 0 Å². The van der Waals surface area contributed by atoms with Gasteiger partial charge >= 0.3 is 5.97 Å². The number of carboxylic acids is 1. The van der Waals surface area contributed by atoms with Crippen LogP contribution in [0.2, 0.25) is 0 Å². The molecule has 1 rings (SSSR count). The van der Waals surface area contributed by atoms with E-state index in [9.17, 15) is 13.6 Å². The van der Waals surface area contributed by atoms with E-state index in [-0.39, 0.29) is 5.56 Å².